The largest absolute Gasteiger partial charge is 0.480 e. The minimum absolute atomic E-state index is 0.269. The van der Waals surface area contributed by atoms with E-state index in [1.54, 1.807) is 6.07 Å². The van der Waals surface area contributed by atoms with Gasteiger partial charge in [0, 0.05) is 25.6 Å². The van der Waals surface area contributed by atoms with Crippen LogP contribution >= 0.6 is 0 Å². The first-order valence-electron chi connectivity index (χ1n) is 14.0. The van der Waals surface area contributed by atoms with Gasteiger partial charge in [-0.15, -0.1) is 0 Å². The lowest BCUT2D eigenvalue weighted by Gasteiger charge is -2.41. The van der Waals surface area contributed by atoms with Gasteiger partial charge in [0.1, 0.15) is 6.04 Å². The number of likely N-dealkylation sites (tertiary alicyclic amines) is 2. The number of halogens is 2. The lowest BCUT2D eigenvalue weighted by Crippen LogP contribution is -2.43. The quantitative estimate of drug-likeness (QED) is 0.381. The maximum absolute atomic E-state index is 13.5. The first-order chi connectivity index (χ1) is 17.8. The van der Waals surface area contributed by atoms with Crippen molar-refractivity contribution in [2.75, 3.05) is 32.7 Å². The lowest BCUT2D eigenvalue weighted by molar-refractivity contribution is -0.143. The number of benzene rings is 2. The molecule has 0 aromatic heterocycles. The van der Waals surface area contributed by atoms with Crippen LogP contribution in [-0.2, 0) is 11.2 Å². The number of carbonyl (C=O) groups is 1. The van der Waals surface area contributed by atoms with Crippen LogP contribution in [-0.4, -0.2) is 59.6 Å². The Hall–Kier alpha value is -2.31. The zero-order chi connectivity index (χ0) is 26.4. The third-order valence-corrected chi connectivity index (χ3v) is 8.77. The zero-order valence-electron chi connectivity index (χ0n) is 22.3. The van der Waals surface area contributed by atoms with Crippen LogP contribution in [0.5, 0.6) is 0 Å². The van der Waals surface area contributed by atoms with Crippen molar-refractivity contribution < 1.29 is 18.7 Å². The fourth-order valence-corrected chi connectivity index (χ4v) is 6.43. The zero-order valence-corrected chi connectivity index (χ0v) is 22.3. The summed E-state index contributed by atoms with van der Waals surface area (Å²) in [4.78, 5) is 16.8. The number of carboxylic acid groups (broad SMARTS) is 1. The highest BCUT2D eigenvalue weighted by Gasteiger charge is 2.40. The van der Waals surface area contributed by atoms with Crippen LogP contribution in [0.1, 0.15) is 69.4 Å². The Bertz CT molecular complexity index is 1020. The van der Waals surface area contributed by atoms with Crippen molar-refractivity contribution in [2.45, 2.75) is 70.8 Å². The van der Waals surface area contributed by atoms with Crippen molar-refractivity contribution in [3.05, 3.63) is 71.3 Å². The third-order valence-electron chi connectivity index (χ3n) is 8.77. The molecule has 2 heterocycles. The Morgan fingerprint density at radius 2 is 1.81 bits per heavy atom. The van der Waals surface area contributed by atoms with Gasteiger partial charge in [0.25, 0.3) is 0 Å². The number of hydrogen-bond acceptors (Lipinski definition) is 3. The normalized spacial score (nSPS) is 23.2. The smallest absolute Gasteiger partial charge is 0.320 e. The van der Waals surface area contributed by atoms with Crippen molar-refractivity contribution in [2.24, 2.45) is 11.3 Å². The second-order valence-corrected chi connectivity index (χ2v) is 11.6. The van der Waals surface area contributed by atoms with E-state index in [1.807, 2.05) is 6.07 Å². The monoisotopic (exact) mass is 512 g/mol. The molecule has 2 aliphatic heterocycles. The van der Waals surface area contributed by atoms with Gasteiger partial charge in [0.2, 0.25) is 0 Å². The molecule has 6 heteroatoms. The molecule has 0 amide bonds. The van der Waals surface area contributed by atoms with Crippen LogP contribution in [0.4, 0.5) is 8.78 Å². The number of aryl methyl sites for hydroxylation is 1. The molecule has 37 heavy (non-hydrogen) atoms. The molecule has 2 aliphatic rings. The summed E-state index contributed by atoms with van der Waals surface area (Å²) < 4.78 is 26.7. The van der Waals surface area contributed by atoms with E-state index < -0.39 is 23.6 Å². The second-order valence-electron chi connectivity index (χ2n) is 11.6. The van der Waals surface area contributed by atoms with E-state index >= 15 is 0 Å². The summed E-state index contributed by atoms with van der Waals surface area (Å²) in [6.07, 6.45) is 6.65. The average molecular weight is 513 g/mol. The van der Waals surface area contributed by atoms with E-state index in [0.717, 1.165) is 76.8 Å². The van der Waals surface area contributed by atoms with E-state index in [-0.39, 0.29) is 5.41 Å². The Morgan fingerprint density at radius 1 is 1.08 bits per heavy atom. The van der Waals surface area contributed by atoms with Gasteiger partial charge >= 0.3 is 5.97 Å². The Balaban J connectivity index is 1.33. The maximum Gasteiger partial charge on any atom is 0.320 e. The van der Waals surface area contributed by atoms with Gasteiger partial charge in [-0.1, -0.05) is 56.7 Å². The summed E-state index contributed by atoms with van der Waals surface area (Å²) in [5.74, 6) is -1.48. The fourth-order valence-electron chi connectivity index (χ4n) is 6.43. The van der Waals surface area contributed by atoms with Gasteiger partial charge in [-0.2, -0.15) is 0 Å². The summed E-state index contributed by atoms with van der Waals surface area (Å²) in [5.41, 5.74) is 2.45. The molecular formula is C31H42F2N2O2. The molecular weight excluding hydrogens is 470 g/mol. The van der Waals surface area contributed by atoms with Crippen LogP contribution < -0.4 is 0 Å². The molecule has 0 aliphatic carbocycles. The first kappa shape index (κ1) is 27.7. The van der Waals surface area contributed by atoms with Crippen molar-refractivity contribution in [1.82, 2.24) is 9.80 Å². The Morgan fingerprint density at radius 3 is 2.46 bits per heavy atom. The first-order valence-corrected chi connectivity index (χ1v) is 14.0. The van der Waals surface area contributed by atoms with Crippen molar-refractivity contribution in [3.63, 3.8) is 0 Å². The summed E-state index contributed by atoms with van der Waals surface area (Å²) in [6, 6.07) is 14.4. The highest BCUT2D eigenvalue weighted by molar-refractivity contribution is 5.73. The topological polar surface area (TPSA) is 43.8 Å². The van der Waals surface area contributed by atoms with Crippen LogP contribution in [0.25, 0.3) is 0 Å². The van der Waals surface area contributed by atoms with Crippen LogP contribution in [0, 0.1) is 23.0 Å². The van der Waals surface area contributed by atoms with Gasteiger partial charge in [0.15, 0.2) is 11.6 Å². The second kappa shape index (κ2) is 12.5. The predicted octanol–water partition coefficient (Wildman–Crippen LogP) is 6.36. The van der Waals surface area contributed by atoms with Gasteiger partial charge in [0.05, 0.1) is 0 Å². The van der Waals surface area contributed by atoms with Crippen molar-refractivity contribution in [3.8, 4) is 0 Å². The standard InChI is InChI=1S/C31H42F2N2O2/c1-3-8-29(30(36)37)35-21-25(26(22-35)24-10-5-4-6-11-24)20-34-17-15-31(2,16-18-34)14-7-9-23-12-13-27(32)28(33)19-23/h4-6,10-13,19,25-26,29H,3,7-9,14-18,20-22H2,1-2H3,(H,36,37)/t25-,26+,29?/m0/s1. The molecule has 4 nitrogen and oxygen atoms in total. The van der Waals surface area contributed by atoms with Gasteiger partial charge in [-0.3, -0.25) is 9.69 Å². The number of nitrogens with zero attached hydrogens (tertiary/aromatic N) is 2. The van der Waals surface area contributed by atoms with Gasteiger partial charge in [-0.05, 0) is 86.2 Å². The number of carboxylic acids is 1. The van der Waals surface area contributed by atoms with Crippen molar-refractivity contribution in [1.29, 1.82) is 0 Å². The number of hydrogen-bond donors (Lipinski definition) is 1. The molecule has 4 rings (SSSR count). The van der Waals surface area contributed by atoms with Crippen LogP contribution in [0.15, 0.2) is 48.5 Å². The molecule has 1 unspecified atom stereocenters. The lowest BCUT2D eigenvalue weighted by atomic mass is 9.76. The molecule has 202 valence electrons. The van der Waals surface area contributed by atoms with E-state index in [9.17, 15) is 18.7 Å². The summed E-state index contributed by atoms with van der Waals surface area (Å²) in [5, 5.41) is 9.87. The van der Waals surface area contributed by atoms with Gasteiger partial charge in [-0.25, -0.2) is 8.78 Å². The van der Waals surface area contributed by atoms with Crippen molar-refractivity contribution >= 4 is 5.97 Å². The molecule has 0 bridgehead atoms. The van der Waals surface area contributed by atoms with Gasteiger partial charge < -0.3 is 10.0 Å². The molecule has 2 saturated heterocycles. The van der Waals surface area contributed by atoms with E-state index in [1.165, 1.54) is 17.7 Å². The summed E-state index contributed by atoms with van der Waals surface area (Å²) in [7, 11) is 0. The van der Waals surface area contributed by atoms with E-state index in [4.69, 9.17) is 0 Å². The molecule has 3 atom stereocenters. The molecule has 2 aromatic rings. The minimum atomic E-state index is -0.785. The number of aliphatic carboxylic acids is 1. The average Bonchev–Trinajstić information content (AvgIpc) is 3.30. The maximum atomic E-state index is 13.5. The molecule has 2 aromatic carbocycles. The van der Waals surface area contributed by atoms with Crippen LogP contribution in [0.2, 0.25) is 0 Å². The molecule has 0 saturated carbocycles. The summed E-state index contributed by atoms with van der Waals surface area (Å²) >= 11 is 0. The fraction of sp³-hybridized carbons (Fsp3) is 0.581. The Labute approximate surface area is 220 Å². The highest BCUT2D eigenvalue weighted by Crippen LogP contribution is 2.39. The molecule has 1 N–H and O–H groups in total. The molecule has 0 radical (unpaired) electrons. The van der Waals surface area contributed by atoms with E-state index in [2.05, 4.69) is 47.9 Å². The third kappa shape index (κ3) is 7.17. The number of piperidine rings is 1. The number of rotatable bonds is 11. The summed E-state index contributed by atoms with van der Waals surface area (Å²) in [6.45, 7) is 9.16. The predicted molar refractivity (Wildman–Crippen MR) is 144 cm³/mol. The molecule has 0 spiro atoms. The van der Waals surface area contributed by atoms with E-state index in [0.29, 0.717) is 18.3 Å². The highest BCUT2D eigenvalue weighted by atomic mass is 19.2. The van der Waals surface area contributed by atoms with Crippen LogP contribution in [0.3, 0.4) is 0 Å². The molecule has 2 fully saturated rings. The Kier molecular flexibility index (Phi) is 9.36. The SMILES string of the molecule is CCCC(C(=O)O)N1C[C@H](CN2CCC(C)(CCCc3ccc(F)c(F)c3)CC2)[C@@H](c2ccccc2)C1. The minimum Gasteiger partial charge on any atom is -0.480 e.